The monoisotopic (exact) mass is 508 g/mol. The van der Waals surface area contributed by atoms with Crippen LogP contribution in [-0.4, -0.2) is 76.9 Å². The number of halogens is 1. The molecule has 0 aromatic carbocycles. The van der Waals surface area contributed by atoms with E-state index < -0.39 is 5.60 Å². The molecule has 1 unspecified atom stereocenters. The highest BCUT2D eigenvalue weighted by Gasteiger charge is 2.25. The van der Waals surface area contributed by atoms with E-state index in [0.717, 1.165) is 43.5 Å². The van der Waals surface area contributed by atoms with Gasteiger partial charge in [0.25, 0.3) is 0 Å². The van der Waals surface area contributed by atoms with Crippen LogP contribution in [0.2, 0.25) is 0 Å². The maximum Gasteiger partial charge on any atom is 0.193 e. The average Bonchev–Trinajstić information content (AvgIpc) is 3.19. The number of aliphatic imine (C=N–C) groups is 1. The molecule has 0 amide bonds. The molecule has 10 heteroatoms. The number of thiazole rings is 1. The Bertz CT molecular complexity index is 697. The summed E-state index contributed by atoms with van der Waals surface area (Å²) in [7, 11) is 0. The fourth-order valence-electron chi connectivity index (χ4n) is 2.93. The molecule has 0 spiro atoms. The molecule has 2 aromatic heterocycles. The average molecular weight is 508 g/mol. The van der Waals surface area contributed by atoms with Crippen LogP contribution in [0.5, 0.6) is 0 Å². The first-order chi connectivity index (χ1) is 12.6. The Balaban J connectivity index is 0.00000261. The maximum absolute atomic E-state index is 10.7. The zero-order valence-electron chi connectivity index (χ0n) is 15.8. The van der Waals surface area contributed by atoms with Gasteiger partial charge in [0.1, 0.15) is 0 Å². The van der Waals surface area contributed by atoms with Crippen molar-refractivity contribution in [2.75, 3.05) is 45.9 Å². The number of fused-ring (bicyclic) bond motifs is 1. The number of rotatable bonds is 7. The van der Waals surface area contributed by atoms with Crippen LogP contribution in [0, 0.1) is 0 Å². The van der Waals surface area contributed by atoms with Gasteiger partial charge in [-0.25, -0.2) is 9.98 Å². The molecular weight excluding hydrogens is 479 g/mol. The van der Waals surface area contributed by atoms with Gasteiger partial charge in [0.15, 0.2) is 10.9 Å². The van der Waals surface area contributed by atoms with Crippen LogP contribution < -0.4 is 10.6 Å². The van der Waals surface area contributed by atoms with Crippen molar-refractivity contribution in [1.82, 2.24) is 24.9 Å². The van der Waals surface area contributed by atoms with Gasteiger partial charge in [-0.15, -0.1) is 35.3 Å². The number of imidazole rings is 1. The van der Waals surface area contributed by atoms with E-state index in [1.54, 1.807) is 11.3 Å². The van der Waals surface area contributed by atoms with Crippen molar-refractivity contribution < 1.29 is 9.84 Å². The Kier molecular flexibility index (Phi) is 8.73. The number of ether oxygens (including phenoxy) is 1. The van der Waals surface area contributed by atoms with Crippen molar-refractivity contribution in [3.8, 4) is 0 Å². The molecule has 1 fully saturated rings. The van der Waals surface area contributed by atoms with Gasteiger partial charge in [-0.05, 0) is 13.8 Å². The molecule has 1 atom stereocenters. The van der Waals surface area contributed by atoms with Gasteiger partial charge in [0.05, 0.1) is 31.1 Å². The summed E-state index contributed by atoms with van der Waals surface area (Å²) >= 11 is 1.61. The second kappa shape index (κ2) is 10.6. The van der Waals surface area contributed by atoms with Crippen LogP contribution in [0.15, 0.2) is 22.8 Å². The molecule has 2 aromatic rings. The smallest absolute Gasteiger partial charge is 0.193 e. The first-order valence-corrected chi connectivity index (χ1v) is 9.89. The molecule has 0 saturated carbocycles. The third-order valence-electron chi connectivity index (χ3n) is 4.19. The first kappa shape index (κ1) is 22.3. The van der Waals surface area contributed by atoms with E-state index in [0.29, 0.717) is 25.6 Å². The Hall–Kier alpha value is -0.950. The molecule has 0 bridgehead atoms. The summed E-state index contributed by atoms with van der Waals surface area (Å²) in [6, 6.07) is 0. The highest BCUT2D eigenvalue weighted by atomic mass is 127. The number of aliphatic hydroxyl groups is 1. The molecule has 8 nitrogen and oxygen atoms in total. The summed E-state index contributed by atoms with van der Waals surface area (Å²) in [5.41, 5.74) is 0.0824. The van der Waals surface area contributed by atoms with E-state index in [2.05, 4.69) is 25.5 Å². The number of β-amino-alcohol motifs (C(OH)–C–C–N with tert-alkyl or cyclic N) is 1. The van der Waals surface area contributed by atoms with Crippen molar-refractivity contribution in [3.63, 3.8) is 0 Å². The van der Waals surface area contributed by atoms with E-state index in [1.807, 2.05) is 36.0 Å². The quantitative estimate of drug-likeness (QED) is 0.296. The highest BCUT2D eigenvalue weighted by molar-refractivity contribution is 14.0. The Morgan fingerprint density at radius 3 is 2.89 bits per heavy atom. The summed E-state index contributed by atoms with van der Waals surface area (Å²) in [6.07, 6.45) is 3.99. The minimum atomic E-state index is -0.843. The van der Waals surface area contributed by atoms with Crippen molar-refractivity contribution in [2.45, 2.75) is 26.0 Å². The number of hydrogen-bond acceptors (Lipinski definition) is 6. The van der Waals surface area contributed by atoms with Gasteiger partial charge < -0.3 is 20.5 Å². The van der Waals surface area contributed by atoms with Crippen LogP contribution in [0.4, 0.5) is 0 Å². The van der Waals surface area contributed by atoms with Gasteiger partial charge in [-0.3, -0.25) is 9.30 Å². The van der Waals surface area contributed by atoms with Crippen LogP contribution >= 0.6 is 35.3 Å². The zero-order valence-corrected chi connectivity index (χ0v) is 19.0. The Morgan fingerprint density at radius 1 is 1.41 bits per heavy atom. The van der Waals surface area contributed by atoms with E-state index in [4.69, 9.17) is 4.74 Å². The third kappa shape index (κ3) is 6.86. The van der Waals surface area contributed by atoms with Gasteiger partial charge >= 0.3 is 0 Å². The fraction of sp³-hybridized carbons (Fsp3) is 0.647. The topological polar surface area (TPSA) is 86.4 Å². The summed E-state index contributed by atoms with van der Waals surface area (Å²) in [4.78, 5) is 12.3. The number of hydrogen-bond donors (Lipinski definition) is 3. The summed E-state index contributed by atoms with van der Waals surface area (Å²) in [5.74, 6) is 0.686. The molecular formula is C17H29IN6O2S. The maximum atomic E-state index is 10.7. The number of aromatic nitrogens is 2. The highest BCUT2D eigenvalue weighted by Crippen LogP contribution is 2.12. The number of nitrogens with one attached hydrogen (secondary N) is 2. The molecule has 0 aliphatic carbocycles. The van der Waals surface area contributed by atoms with Crippen molar-refractivity contribution in [2.24, 2.45) is 4.99 Å². The lowest BCUT2D eigenvalue weighted by Gasteiger charge is -2.34. The lowest BCUT2D eigenvalue weighted by Crippen LogP contribution is -2.52. The van der Waals surface area contributed by atoms with Crippen molar-refractivity contribution in [3.05, 3.63) is 23.5 Å². The van der Waals surface area contributed by atoms with Gasteiger partial charge in [0, 0.05) is 50.5 Å². The van der Waals surface area contributed by atoms with Gasteiger partial charge in [0.2, 0.25) is 0 Å². The van der Waals surface area contributed by atoms with E-state index in [-0.39, 0.29) is 24.0 Å². The molecule has 1 aliphatic heterocycles. The lowest BCUT2D eigenvalue weighted by atomic mass is 10.1. The first-order valence-electron chi connectivity index (χ1n) is 9.01. The standard InChI is InChI=1S/C17H28N6O2S.HI/c1-3-18-15(19-10-14-11-23-6-9-26-16(23)21-14)20-12-17(2,24)13-22-4-7-25-8-5-22;/h6,9,11,24H,3-5,7-8,10,12-13H2,1-2H3,(H2,18,19,20);1H. The van der Waals surface area contributed by atoms with Crippen molar-refractivity contribution in [1.29, 1.82) is 0 Å². The normalized spacial score (nSPS) is 18.1. The predicted octanol–water partition coefficient (Wildman–Crippen LogP) is 1.15. The van der Waals surface area contributed by atoms with Crippen molar-refractivity contribution >= 4 is 46.2 Å². The van der Waals surface area contributed by atoms with Crippen LogP contribution in [0.1, 0.15) is 19.5 Å². The molecule has 3 N–H and O–H groups in total. The minimum absolute atomic E-state index is 0. The van der Waals surface area contributed by atoms with E-state index >= 15 is 0 Å². The largest absolute Gasteiger partial charge is 0.387 e. The van der Waals surface area contributed by atoms with Gasteiger partial charge in [-0.1, -0.05) is 0 Å². The fourth-order valence-corrected chi connectivity index (χ4v) is 3.64. The van der Waals surface area contributed by atoms with E-state index in [9.17, 15) is 5.11 Å². The minimum Gasteiger partial charge on any atom is -0.387 e. The lowest BCUT2D eigenvalue weighted by molar-refractivity contribution is -0.0201. The van der Waals surface area contributed by atoms with Crippen LogP contribution in [0.25, 0.3) is 4.96 Å². The van der Waals surface area contributed by atoms with Crippen LogP contribution in [-0.2, 0) is 11.3 Å². The molecule has 3 heterocycles. The second-order valence-electron chi connectivity index (χ2n) is 6.76. The molecule has 1 saturated heterocycles. The summed E-state index contributed by atoms with van der Waals surface area (Å²) < 4.78 is 7.36. The Labute approximate surface area is 181 Å². The number of morpholine rings is 1. The number of guanidine groups is 1. The Morgan fingerprint density at radius 2 is 2.19 bits per heavy atom. The zero-order chi connectivity index (χ0) is 18.4. The summed E-state index contributed by atoms with van der Waals surface area (Å²) in [5, 5.41) is 19.2. The molecule has 0 radical (unpaired) electrons. The summed E-state index contributed by atoms with van der Waals surface area (Å²) in [6.45, 7) is 9.35. The molecule has 1 aliphatic rings. The van der Waals surface area contributed by atoms with E-state index in [1.165, 1.54) is 0 Å². The number of nitrogens with zero attached hydrogens (tertiary/aromatic N) is 4. The third-order valence-corrected chi connectivity index (χ3v) is 4.96. The SMILES string of the molecule is CCNC(=NCc1cn2ccsc2n1)NCC(C)(O)CN1CCOCC1.I. The molecule has 27 heavy (non-hydrogen) atoms. The second-order valence-corrected chi connectivity index (χ2v) is 7.63. The predicted molar refractivity (Wildman–Crippen MR) is 119 cm³/mol. The molecule has 152 valence electrons. The van der Waals surface area contributed by atoms with Crippen LogP contribution in [0.3, 0.4) is 0 Å². The molecule has 3 rings (SSSR count). The van der Waals surface area contributed by atoms with Gasteiger partial charge in [-0.2, -0.15) is 0 Å².